The lowest BCUT2D eigenvalue weighted by Crippen LogP contribution is -2.29. The predicted molar refractivity (Wildman–Crippen MR) is 83.0 cm³/mol. The van der Waals surface area contributed by atoms with Gasteiger partial charge in [0.1, 0.15) is 5.75 Å². The number of carboxylic acid groups (broad SMARTS) is 1. The first kappa shape index (κ1) is 15.4. The maximum Gasteiger partial charge on any atom is 0.345 e. The summed E-state index contributed by atoms with van der Waals surface area (Å²) < 4.78 is 5.53. The van der Waals surface area contributed by atoms with Gasteiger partial charge in [0.15, 0.2) is 6.10 Å². The van der Waals surface area contributed by atoms with Crippen LogP contribution in [0.15, 0.2) is 48.5 Å². The molecule has 0 saturated heterocycles. The molecule has 1 unspecified atom stereocenters. The lowest BCUT2D eigenvalue weighted by molar-refractivity contribution is -0.145. The number of aryl methyl sites for hydroxylation is 1. The second kappa shape index (κ2) is 7.14. The molecule has 4 heteroatoms. The number of benzene rings is 2. The second-order valence-electron chi connectivity index (χ2n) is 4.78. The van der Waals surface area contributed by atoms with Crippen LogP contribution in [0, 0.1) is 0 Å². The Kier molecular flexibility index (Phi) is 5.23. The number of ether oxygens (including phenoxy) is 1. The number of hydrogen-bond donors (Lipinski definition) is 1. The first-order chi connectivity index (χ1) is 10.1. The number of halogens is 1. The summed E-state index contributed by atoms with van der Waals surface area (Å²) in [6.45, 7) is 2.08. The summed E-state index contributed by atoms with van der Waals surface area (Å²) in [7, 11) is 0. The van der Waals surface area contributed by atoms with E-state index in [1.807, 2.05) is 24.3 Å². The smallest absolute Gasteiger partial charge is 0.345 e. The predicted octanol–water partition coefficient (Wildman–Crippen LogP) is 3.98. The Morgan fingerprint density at radius 3 is 2.43 bits per heavy atom. The number of carbonyl (C=O) groups is 1. The molecule has 0 aromatic heterocycles. The van der Waals surface area contributed by atoms with E-state index in [0.29, 0.717) is 17.2 Å². The van der Waals surface area contributed by atoms with Crippen LogP contribution in [0.2, 0.25) is 5.02 Å². The van der Waals surface area contributed by atoms with Crippen LogP contribution in [0.1, 0.15) is 18.1 Å². The molecule has 2 aromatic rings. The Morgan fingerprint density at radius 2 is 1.86 bits per heavy atom. The van der Waals surface area contributed by atoms with Crippen LogP contribution in [0.5, 0.6) is 5.75 Å². The number of rotatable bonds is 6. The van der Waals surface area contributed by atoms with Crippen LogP contribution in [-0.4, -0.2) is 17.2 Å². The fourth-order valence-electron chi connectivity index (χ4n) is 2.01. The third kappa shape index (κ3) is 4.50. The Balaban J connectivity index is 2.10. The van der Waals surface area contributed by atoms with E-state index in [9.17, 15) is 9.90 Å². The van der Waals surface area contributed by atoms with Crippen molar-refractivity contribution < 1.29 is 14.6 Å². The molecule has 0 aliphatic rings. The van der Waals surface area contributed by atoms with Crippen LogP contribution in [0.25, 0.3) is 0 Å². The van der Waals surface area contributed by atoms with Crippen molar-refractivity contribution in [2.24, 2.45) is 0 Å². The summed E-state index contributed by atoms with van der Waals surface area (Å²) in [6, 6.07) is 14.6. The number of carboxylic acids is 1. The summed E-state index contributed by atoms with van der Waals surface area (Å²) in [5.41, 5.74) is 2.16. The molecule has 0 aliphatic carbocycles. The first-order valence-corrected chi connectivity index (χ1v) is 7.19. The van der Waals surface area contributed by atoms with Crippen molar-refractivity contribution in [2.45, 2.75) is 25.9 Å². The Labute approximate surface area is 129 Å². The van der Waals surface area contributed by atoms with E-state index >= 15 is 0 Å². The van der Waals surface area contributed by atoms with Crippen molar-refractivity contribution in [3.05, 3.63) is 64.7 Å². The standard InChI is InChI=1S/C17H17ClO3/c1-2-12-6-8-13(9-7-12)10-16(17(19)20)21-15-5-3-4-14(18)11-15/h3-9,11,16H,2,10H2,1H3,(H,19,20). The van der Waals surface area contributed by atoms with Crippen molar-refractivity contribution in [2.75, 3.05) is 0 Å². The maximum atomic E-state index is 11.4. The third-order valence-electron chi connectivity index (χ3n) is 3.20. The zero-order chi connectivity index (χ0) is 15.2. The van der Waals surface area contributed by atoms with Gasteiger partial charge in [-0.25, -0.2) is 4.79 Å². The van der Waals surface area contributed by atoms with Crippen molar-refractivity contribution in [3.8, 4) is 5.75 Å². The zero-order valence-electron chi connectivity index (χ0n) is 11.8. The van der Waals surface area contributed by atoms with Crippen LogP contribution in [-0.2, 0) is 17.6 Å². The average molecular weight is 305 g/mol. The molecular formula is C17H17ClO3. The largest absolute Gasteiger partial charge is 0.478 e. The Hall–Kier alpha value is -2.00. The lowest BCUT2D eigenvalue weighted by Gasteiger charge is -2.15. The molecule has 0 radical (unpaired) electrons. The number of aliphatic carboxylic acids is 1. The monoisotopic (exact) mass is 304 g/mol. The highest BCUT2D eigenvalue weighted by Gasteiger charge is 2.20. The van der Waals surface area contributed by atoms with Gasteiger partial charge in [0.25, 0.3) is 0 Å². The summed E-state index contributed by atoms with van der Waals surface area (Å²) in [5, 5.41) is 9.83. The summed E-state index contributed by atoms with van der Waals surface area (Å²) in [4.78, 5) is 11.4. The lowest BCUT2D eigenvalue weighted by atomic mass is 10.0. The molecule has 0 spiro atoms. The van der Waals surface area contributed by atoms with Gasteiger partial charge >= 0.3 is 5.97 Å². The minimum absolute atomic E-state index is 0.311. The molecule has 0 saturated carbocycles. The molecule has 0 bridgehead atoms. The van der Waals surface area contributed by atoms with Gasteiger partial charge < -0.3 is 9.84 Å². The van der Waals surface area contributed by atoms with Gasteiger partial charge in [-0.15, -0.1) is 0 Å². The molecule has 2 rings (SSSR count). The van der Waals surface area contributed by atoms with Gasteiger partial charge in [-0.05, 0) is 35.7 Å². The first-order valence-electron chi connectivity index (χ1n) is 6.81. The van der Waals surface area contributed by atoms with Crippen LogP contribution < -0.4 is 4.74 Å². The SMILES string of the molecule is CCc1ccc(CC(Oc2cccc(Cl)c2)C(=O)O)cc1. The molecule has 2 aromatic carbocycles. The van der Waals surface area contributed by atoms with Crippen molar-refractivity contribution in [1.29, 1.82) is 0 Å². The van der Waals surface area contributed by atoms with Gasteiger partial charge in [-0.2, -0.15) is 0 Å². The molecule has 0 fully saturated rings. The van der Waals surface area contributed by atoms with E-state index in [2.05, 4.69) is 6.92 Å². The summed E-state index contributed by atoms with van der Waals surface area (Å²) in [5.74, 6) is -0.533. The van der Waals surface area contributed by atoms with Crippen molar-refractivity contribution in [3.63, 3.8) is 0 Å². The minimum Gasteiger partial charge on any atom is -0.478 e. The van der Waals surface area contributed by atoms with E-state index in [0.717, 1.165) is 12.0 Å². The van der Waals surface area contributed by atoms with E-state index in [4.69, 9.17) is 16.3 Å². The molecule has 0 aliphatic heterocycles. The van der Waals surface area contributed by atoms with Crippen LogP contribution >= 0.6 is 11.6 Å². The van der Waals surface area contributed by atoms with Gasteiger partial charge in [-0.3, -0.25) is 0 Å². The molecule has 3 nitrogen and oxygen atoms in total. The highest BCUT2D eigenvalue weighted by molar-refractivity contribution is 6.30. The van der Waals surface area contributed by atoms with Crippen LogP contribution in [0.3, 0.4) is 0 Å². The Bertz CT molecular complexity index is 608. The van der Waals surface area contributed by atoms with E-state index < -0.39 is 12.1 Å². The van der Waals surface area contributed by atoms with E-state index in [-0.39, 0.29) is 0 Å². The fourth-order valence-corrected chi connectivity index (χ4v) is 2.19. The van der Waals surface area contributed by atoms with Gasteiger partial charge in [-0.1, -0.05) is 48.9 Å². The maximum absolute atomic E-state index is 11.4. The minimum atomic E-state index is -0.991. The highest BCUT2D eigenvalue weighted by atomic mass is 35.5. The molecule has 1 atom stereocenters. The summed E-state index contributed by atoms with van der Waals surface area (Å²) >= 11 is 5.87. The van der Waals surface area contributed by atoms with E-state index in [1.165, 1.54) is 5.56 Å². The average Bonchev–Trinajstić information content (AvgIpc) is 2.47. The van der Waals surface area contributed by atoms with Crippen molar-refractivity contribution in [1.82, 2.24) is 0 Å². The molecule has 21 heavy (non-hydrogen) atoms. The third-order valence-corrected chi connectivity index (χ3v) is 3.44. The van der Waals surface area contributed by atoms with Gasteiger partial charge in [0.2, 0.25) is 0 Å². The molecule has 0 amide bonds. The normalized spacial score (nSPS) is 11.9. The Morgan fingerprint density at radius 1 is 1.19 bits per heavy atom. The summed E-state index contributed by atoms with van der Waals surface area (Å²) in [6.07, 6.45) is 0.337. The number of hydrogen-bond acceptors (Lipinski definition) is 2. The topological polar surface area (TPSA) is 46.5 Å². The molecule has 1 N–H and O–H groups in total. The highest BCUT2D eigenvalue weighted by Crippen LogP contribution is 2.20. The molecule has 0 heterocycles. The second-order valence-corrected chi connectivity index (χ2v) is 5.21. The van der Waals surface area contributed by atoms with E-state index in [1.54, 1.807) is 24.3 Å². The zero-order valence-corrected chi connectivity index (χ0v) is 12.5. The molecule has 110 valence electrons. The van der Waals surface area contributed by atoms with Crippen LogP contribution in [0.4, 0.5) is 0 Å². The van der Waals surface area contributed by atoms with Gasteiger partial charge in [0, 0.05) is 11.4 Å². The molecular weight excluding hydrogens is 288 g/mol. The van der Waals surface area contributed by atoms with Gasteiger partial charge in [0.05, 0.1) is 0 Å². The van der Waals surface area contributed by atoms with Crippen molar-refractivity contribution >= 4 is 17.6 Å². The fraction of sp³-hybridized carbons (Fsp3) is 0.235. The quantitative estimate of drug-likeness (QED) is 0.878.